The highest BCUT2D eigenvalue weighted by molar-refractivity contribution is 5.74. The monoisotopic (exact) mass is 324 g/mol. The molecule has 3 heterocycles. The average molecular weight is 324 g/mol. The van der Waals surface area contributed by atoms with Crippen LogP contribution in [0, 0.1) is 0 Å². The van der Waals surface area contributed by atoms with E-state index in [9.17, 15) is 0 Å². The van der Waals surface area contributed by atoms with Crippen LogP contribution in [0.2, 0.25) is 0 Å². The summed E-state index contributed by atoms with van der Waals surface area (Å²) in [5.74, 6) is 1.79. The van der Waals surface area contributed by atoms with Crippen LogP contribution >= 0.6 is 0 Å². The van der Waals surface area contributed by atoms with E-state index in [1.54, 1.807) is 6.33 Å². The number of rotatable bonds is 5. The van der Waals surface area contributed by atoms with Crippen LogP contribution in [0.1, 0.15) is 12.8 Å². The van der Waals surface area contributed by atoms with Crippen molar-refractivity contribution in [3.05, 3.63) is 36.7 Å². The quantitative estimate of drug-likeness (QED) is 0.747. The molecule has 124 valence electrons. The third-order valence-electron chi connectivity index (χ3n) is 4.36. The summed E-state index contributed by atoms with van der Waals surface area (Å²) < 4.78 is 5.73. The molecule has 0 amide bonds. The summed E-state index contributed by atoms with van der Waals surface area (Å²) in [7, 11) is 1.86. The summed E-state index contributed by atoms with van der Waals surface area (Å²) in [5.41, 5.74) is 1.68. The third-order valence-corrected chi connectivity index (χ3v) is 4.36. The Kier molecular flexibility index (Phi) is 3.90. The zero-order chi connectivity index (χ0) is 16.4. The Morgan fingerprint density at radius 1 is 1.29 bits per heavy atom. The molecule has 0 bridgehead atoms. The number of para-hydroxylation sites is 2. The first-order chi connectivity index (χ1) is 11.8. The second-order valence-corrected chi connectivity index (χ2v) is 5.87. The van der Waals surface area contributed by atoms with Gasteiger partial charge in [0.15, 0.2) is 5.58 Å². The molecule has 1 fully saturated rings. The van der Waals surface area contributed by atoms with Gasteiger partial charge in [-0.25, -0.2) is 9.97 Å². The molecule has 3 aromatic rings. The molecule has 0 spiro atoms. The highest BCUT2D eigenvalue weighted by Gasteiger charge is 2.26. The van der Waals surface area contributed by atoms with Gasteiger partial charge < -0.3 is 20.0 Å². The van der Waals surface area contributed by atoms with E-state index in [1.165, 1.54) is 0 Å². The fourth-order valence-corrected chi connectivity index (χ4v) is 3.14. The number of nitrogens with one attached hydrogen (secondary N) is 2. The Hall–Kier alpha value is -2.83. The number of oxazole rings is 1. The van der Waals surface area contributed by atoms with E-state index in [4.69, 9.17) is 4.42 Å². The number of aromatic nitrogens is 3. The molecular weight excluding hydrogens is 304 g/mol. The lowest BCUT2D eigenvalue weighted by Gasteiger charge is -2.25. The van der Waals surface area contributed by atoms with Gasteiger partial charge in [-0.15, -0.1) is 0 Å². The summed E-state index contributed by atoms with van der Waals surface area (Å²) in [6, 6.07) is 10.7. The van der Waals surface area contributed by atoms with Crippen LogP contribution in [0.5, 0.6) is 0 Å². The summed E-state index contributed by atoms with van der Waals surface area (Å²) in [5, 5.41) is 6.39. The normalized spacial score (nSPS) is 17.4. The van der Waals surface area contributed by atoms with Gasteiger partial charge in [-0.2, -0.15) is 4.98 Å². The third kappa shape index (κ3) is 2.84. The van der Waals surface area contributed by atoms with E-state index in [0.717, 1.165) is 48.7 Å². The van der Waals surface area contributed by atoms with E-state index in [-0.39, 0.29) is 0 Å². The van der Waals surface area contributed by atoms with Gasteiger partial charge in [0.1, 0.15) is 23.5 Å². The molecule has 1 aliphatic rings. The maximum Gasteiger partial charge on any atom is 0.295 e. The van der Waals surface area contributed by atoms with Crippen molar-refractivity contribution in [2.45, 2.75) is 18.9 Å². The zero-order valence-electron chi connectivity index (χ0n) is 13.6. The van der Waals surface area contributed by atoms with Crippen LogP contribution < -0.4 is 15.5 Å². The van der Waals surface area contributed by atoms with Gasteiger partial charge in [0.05, 0.1) is 0 Å². The van der Waals surface area contributed by atoms with Gasteiger partial charge in [0.25, 0.3) is 6.01 Å². The lowest BCUT2D eigenvalue weighted by atomic mass is 10.2. The van der Waals surface area contributed by atoms with Crippen molar-refractivity contribution < 1.29 is 4.42 Å². The fraction of sp³-hybridized carbons (Fsp3) is 0.353. The predicted molar refractivity (Wildman–Crippen MR) is 94.4 cm³/mol. The zero-order valence-corrected chi connectivity index (χ0v) is 13.6. The smallest absolute Gasteiger partial charge is 0.295 e. The van der Waals surface area contributed by atoms with Crippen molar-refractivity contribution in [2.75, 3.05) is 35.7 Å². The van der Waals surface area contributed by atoms with Crippen molar-refractivity contribution in [3.8, 4) is 0 Å². The number of hydrogen-bond donors (Lipinski definition) is 2. The van der Waals surface area contributed by atoms with Crippen LogP contribution in [-0.2, 0) is 0 Å². The molecule has 2 N–H and O–H groups in total. The van der Waals surface area contributed by atoms with Gasteiger partial charge in [-0.05, 0) is 25.0 Å². The molecule has 24 heavy (non-hydrogen) atoms. The van der Waals surface area contributed by atoms with E-state index in [1.807, 2.05) is 37.4 Å². The Morgan fingerprint density at radius 3 is 3.08 bits per heavy atom. The number of hydrogen-bond acceptors (Lipinski definition) is 7. The highest BCUT2D eigenvalue weighted by atomic mass is 16.4. The molecule has 1 atom stereocenters. The molecule has 1 aliphatic heterocycles. The Morgan fingerprint density at radius 2 is 2.21 bits per heavy atom. The predicted octanol–water partition coefficient (Wildman–Crippen LogP) is 2.74. The van der Waals surface area contributed by atoms with Crippen LogP contribution in [0.25, 0.3) is 11.1 Å². The molecule has 7 heteroatoms. The van der Waals surface area contributed by atoms with Gasteiger partial charge in [-0.3, -0.25) is 0 Å². The Bertz CT molecular complexity index is 800. The molecular formula is C17H20N6O. The minimum Gasteiger partial charge on any atom is -0.424 e. The molecule has 1 saturated heterocycles. The largest absolute Gasteiger partial charge is 0.424 e. The Labute approximate surface area is 140 Å². The minimum absolute atomic E-state index is 0.361. The number of nitrogens with zero attached hydrogens (tertiary/aromatic N) is 4. The summed E-state index contributed by atoms with van der Waals surface area (Å²) >= 11 is 0. The molecule has 1 unspecified atom stereocenters. The first-order valence-electron chi connectivity index (χ1n) is 8.19. The lowest BCUT2D eigenvalue weighted by molar-refractivity contribution is 0.600. The molecule has 4 rings (SSSR count). The number of fused-ring (bicyclic) bond motifs is 1. The molecule has 2 aromatic heterocycles. The Balaban J connectivity index is 1.46. The standard InChI is InChI=1S/C17H20N6O/c1-18-15-9-16(21-11-20-15)23-8-4-5-12(23)10-19-17-22-13-6-2-3-7-14(13)24-17/h2-3,6-7,9,11-12H,4-5,8,10H2,1H3,(H,19,22)(H,18,20,21). The van der Waals surface area contributed by atoms with E-state index < -0.39 is 0 Å². The number of anilines is 3. The molecule has 0 saturated carbocycles. The first kappa shape index (κ1) is 14.7. The van der Waals surface area contributed by atoms with Gasteiger partial charge in [0, 0.05) is 32.2 Å². The second kappa shape index (κ2) is 6.35. The first-order valence-corrected chi connectivity index (χ1v) is 8.19. The minimum atomic E-state index is 0.361. The van der Waals surface area contributed by atoms with E-state index in [2.05, 4.69) is 30.5 Å². The van der Waals surface area contributed by atoms with Crippen molar-refractivity contribution in [1.82, 2.24) is 15.0 Å². The maximum atomic E-state index is 5.73. The van der Waals surface area contributed by atoms with Crippen LogP contribution in [-0.4, -0.2) is 41.1 Å². The van der Waals surface area contributed by atoms with Gasteiger partial charge in [-0.1, -0.05) is 12.1 Å². The van der Waals surface area contributed by atoms with Crippen molar-refractivity contribution in [1.29, 1.82) is 0 Å². The molecule has 0 aliphatic carbocycles. The fourth-order valence-electron chi connectivity index (χ4n) is 3.14. The van der Waals surface area contributed by atoms with E-state index >= 15 is 0 Å². The summed E-state index contributed by atoms with van der Waals surface area (Å²) in [6.45, 7) is 1.77. The molecule has 1 aromatic carbocycles. The number of benzene rings is 1. The SMILES string of the molecule is CNc1cc(N2CCCC2CNc2nc3ccccc3o2)ncn1. The van der Waals surface area contributed by atoms with Gasteiger partial charge in [0.2, 0.25) is 0 Å². The van der Waals surface area contributed by atoms with Crippen LogP contribution in [0.15, 0.2) is 41.1 Å². The van der Waals surface area contributed by atoms with Crippen molar-refractivity contribution in [3.63, 3.8) is 0 Å². The van der Waals surface area contributed by atoms with E-state index in [0.29, 0.717) is 12.1 Å². The second-order valence-electron chi connectivity index (χ2n) is 5.87. The topological polar surface area (TPSA) is 79.1 Å². The molecule has 0 radical (unpaired) electrons. The van der Waals surface area contributed by atoms with Crippen LogP contribution in [0.4, 0.5) is 17.7 Å². The highest BCUT2D eigenvalue weighted by Crippen LogP contribution is 2.25. The van der Waals surface area contributed by atoms with Crippen molar-refractivity contribution >= 4 is 28.8 Å². The lowest BCUT2D eigenvalue weighted by Crippen LogP contribution is -2.35. The average Bonchev–Trinajstić information content (AvgIpc) is 3.26. The van der Waals surface area contributed by atoms with Crippen molar-refractivity contribution in [2.24, 2.45) is 0 Å². The summed E-state index contributed by atoms with van der Waals surface area (Å²) in [4.78, 5) is 15.4. The molecule has 7 nitrogen and oxygen atoms in total. The maximum absolute atomic E-state index is 5.73. The summed E-state index contributed by atoms with van der Waals surface area (Å²) in [6.07, 6.45) is 3.87. The van der Waals surface area contributed by atoms with Gasteiger partial charge >= 0.3 is 0 Å². The van der Waals surface area contributed by atoms with Crippen LogP contribution in [0.3, 0.4) is 0 Å².